The third kappa shape index (κ3) is 4.85. The first-order chi connectivity index (χ1) is 12.6. The fourth-order valence-electron chi connectivity index (χ4n) is 3.57. The number of nitrogens with zero attached hydrogens (tertiary/aromatic N) is 1. The van der Waals surface area contributed by atoms with Crippen molar-refractivity contribution in [2.24, 2.45) is 5.92 Å². The normalized spacial score (nSPS) is 15.6. The van der Waals surface area contributed by atoms with Crippen LogP contribution in [0.1, 0.15) is 24.0 Å². The number of anilines is 2. The van der Waals surface area contributed by atoms with Gasteiger partial charge >= 0.3 is 0 Å². The Hall–Kier alpha value is -2.33. The van der Waals surface area contributed by atoms with Gasteiger partial charge in [-0.15, -0.1) is 0 Å². The molecular weight excluding hydrogens is 322 g/mol. The van der Waals surface area contributed by atoms with Gasteiger partial charge in [0.25, 0.3) is 0 Å². The minimum Gasteiger partial charge on any atom is -0.384 e. The van der Waals surface area contributed by atoms with Gasteiger partial charge in [-0.1, -0.05) is 36.4 Å². The molecule has 0 aromatic heterocycles. The van der Waals surface area contributed by atoms with Crippen molar-refractivity contribution in [1.29, 1.82) is 0 Å². The van der Waals surface area contributed by atoms with Gasteiger partial charge in [0.1, 0.15) is 0 Å². The lowest BCUT2D eigenvalue weighted by Crippen LogP contribution is -2.40. The van der Waals surface area contributed by atoms with E-state index in [1.54, 1.807) is 0 Å². The van der Waals surface area contributed by atoms with E-state index in [9.17, 15) is 4.79 Å². The van der Waals surface area contributed by atoms with Gasteiger partial charge in [-0.05, 0) is 63.0 Å². The lowest BCUT2D eigenvalue weighted by Gasteiger charge is -2.31. The Morgan fingerprint density at radius 3 is 2.31 bits per heavy atom. The van der Waals surface area contributed by atoms with Gasteiger partial charge in [0.2, 0.25) is 5.91 Å². The van der Waals surface area contributed by atoms with Gasteiger partial charge in [0.05, 0.1) is 0 Å². The standard InChI is InChI=1S/C22H29N3O/c1-17-7-6-8-18(2)21(17)24-22(26)19-11-14-25(15-12-19)16-13-23-20-9-4-3-5-10-20/h3-10,19,23H,11-16H2,1-2H3,(H,24,26). The summed E-state index contributed by atoms with van der Waals surface area (Å²) in [7, 11) is 0. The van der Waals surface area contributed by atoms with Gasteiger partial charge < -0.3 is 15.5 Å². The molecule has 2 N–H and O–H groups in total. The van der Waals surface area contributed by atoms with Crippen molar-refractivity contribution in [3.8, 4) is 0 Å². The van der Waals surface area contributed by atoms with Crippen molar-refractivity contribution in [2.45, 2.75) is 26.7 Å². The maximum Gasteiger partial charge on any atom is 0.227 e. The average Bonchev–Trinajstić information content (AvgIpc) is 2.66. The first kappa shape index (κ1) is 18.5. The SMILES string of the molecule is Cc1cccc(C)c1NC(=O)C1CCN(CCNc2ccccc2)CC1. The van der Waals surface area contributed by atoms with Gasteiger partial charge in [-0.25, -0.2) is 0 Å². The van der Waals surface area contributed by atoms with Gasteiger partial charge in [-0.2, -0.15) is 0 Å². The number of benzene rings is 2. The number of hydrogen-bond donors (Lipinski definition) is 2. The third-order valence-corrected chi connectivity index (χ3v) is 5.22. The number of carbonyl (C=O) groups excluding carboxylic acids is 1. The zero-order chi connectivity index (χ0) is 18.4. The van der Waals surface area contributed by atoms with Gasteiger partial charge in [-0.3, -0.25) is 4.79 Å². The maximum absolute atomic E-state index is 12.6. The minimum absolute atomic E-state index is 0.118. The Bertz CT molecular complexity index is 701. The second kappa shape index (κ2) is 8.86. The van der Waals surface area contributed by atoms with Crippen LogP contribution in [0.5, 0.6) is 0 Å². The van der Waals surface area contributed by atoms with E-state index in [1.165, 1.54) is 0 Å². The molecular formula is C22H29N3O. The molecule has 2 aromatic carbocycles. The van der Waals surface area contributed by atoms with Crippen molar-refractivity contribution in [3.05, 3.63) is 59.7 Å². The number of nitrogens with one attached hydrogen (secondary N) is 2. The molecule has 1 heterocycles. The minimum atomic E-state index is 0.118. The lowest BCUT2D eigenvalue weighted by atomic mass is 9.95. The number of aryl methyl sites for hydroxylation is 2. The van der Waals surface area contributed by atoms with E-state index in [0.29, 0.717) is 0 Å². The smallest absolute Gasteiger partial charge is 0.227 e. The van der Waals surface area contributed by atoms with Crippen molar-refractivity contribution in [3.63, 3.8) is 0 Å². The maximum atomic E-state index is 12.6. The van der Waals surface area contributed by atoms with Crippen LogP contribution in [0.2, 0.25) is 0 Å². The number of likely N-dealkylation sites (tertiary alicyclic amines) is 1. The van der Waals surface area contributed by atoms with E-state index in [1.807, 2.05) is 50.2 Å². The molecule has 1 amide bonds. The molecule has 0 saturated carbocycles. The summed E-state index contributed by atoms with van der Waals surface area (Å²) in [5, 5.41) is 6.61. The molecule has 1 saturated heterocycles. The molecule has 0 atom stereocenters. The summed E-state index contributed by atoms with van der Waals surface area (Å²) in [6.07, 6.45) is 1.87. The third-order valence-electron chi connectivity index (χ3n) is 5.22. The van der Waals surface area contributed by atoms with Crippen LogP contribution in [0, 0.1) is 19.8 Å². The largest absolute Gasteiger partial charge is 0.384 e. The van der Waals surface area contributed by atoms with Crippen LogP contribution in [0.15, 0.2) is 48.5 Å². The van der Waals surface area contributed by atoms with E-state index < -0.39 is 0 Å². The highest BCUT2D eigenvalue weighted by Crippen LogP contribution is 2.23. The summed E-state index contributed by atoms with van der Waals surface area (Å²) in [6.45, 7) is 8.02. The second-order valence-electron chi connectivity index (χ2n) is 7.16. The van der Waals surface area contributed by atoms with Crippen molar-refractivity contribution in [2.75, 3.05) is 36.8 Å². The van der Waals surface area contributed by atoms with Crippen molar-refractivity contribution in [1.82, 2.24) is 4.90 Å². The summed E-state index contributed by atoms with van der Waals surface area (Å²) in [5.41, 5.74) is 4.40. The van der Waals surface area contributed by atoms with E-state index in [4.69, 9.17) is 0 Å². The first-order valence-electron chi connectivity index (χ1n) is 9.52. The molecule has 1 aliphatic rings. The first-order valence-corrected chi connectivity index (χ1v) is 9.52. The number of piperidine rings is 1. The zero-order valence-corrected chi connectivity index (χ0v) is 15.8. The Balaban J connectivity index is 1.42. The van der Waals surface area contributed by atoms with Crippen LogP contribution >= 0.6 is 0 Å². The summed E-state index contributed by atoms with van der Waals surface area (Å²) in [6, 6.07) is 16.4. The molecule has 138 valence electrons. The van der Waals surface area contributed by atoms with E-state index in [0.717, 1.165) is 61.5 Å². The fourth-order valence-corrected chi connectivity index (χ4v) is 3.57. The van der Waals surface area contributed by atoms with E-state index in [-0.39, 0.29) is 11.8 Å². The quantitative estimate of drug-likeness (QED) is 0.825. The van der Waals surface area contributed by atoms with Gasteiger partial charge in [0.15, 0.2) is 0 Å². The average molecular weight is 351 g/mol. The number of carbonyl (C=O) groups is 1. The van der Waals surface area contributed by atoms with E-state index in [2.05, 4.69) is 27.7 Å². The highest BCUT2D eigenvalue weighted by Gasteiger charge is 2.25. The van der Waals surface area contributed by atoms with Crippen LogP contribution in [-0.2, 0) is 4.79 Å². The van der Waals surface area contributed by atoms with Crippen LogP contribution in [0.3, 0.4) is 0 Å². The van der Waals surface area contributed by atoms with Crippen molar-refractivity contribution >= 4 is 17.3 Å². The summed E-state index contributed by atoms with van der Waals surface area (Å²) in [5.74, 6) is 0.289. The molecule has 1 fully saturated rings. The molecule has 0 aliphatic carbocycles. The zero-order valence-electron chi connectivity index (χ0n) is 15.8. The van der Waals surface area contributed by atoms with Crippen LogP contribution in [0.25, 0.3) is 0 Å². The van der Waals surface area contributed by atoms with Crippen LogP contribution in [-0.4, -0.2) is 37.0 Å². The molecule has 0 spiro atoms. The predicted octanol–water partition coefficient (Wildman–Crippen LogP) is 4.07. The molecule has 0 unspecified atom stereocenters. The number of para-hydroxylation sites is 2. The number of amides is 1. The van der Waals surface area contributed by atoms with Crippen LogP contribution < -0.4 is 10.6 Å². The Morgan fingerprint density at radius 2 is 1.65 bits per heavy atom. The number of rotatable bonds is 6. The number of hydrogen-bond acceptors (Lipinski definition) is 3. The summed E-state index contributed by atoms with van der Waals surface area (Å²) < 4.78 is 0. The molecule has 26 heavy (non-hydrogen) atoms. The molecule has 0 radical (unpaired) electrons. The second-order valence-corrected chi connectivity index (χ2v) is 7.16. The molecule has 2 aromatic rings. The summed E-state index contributed by atoms with van der Waals surface area (Å²) >= 11 is 0. The molecule has 3 rings (SSSR count). The summed E-state index contributed by atoms with van der Waals surface area (Å²) in [4.78, 5) is 15.1. The molecule has 4 heteroatoms. The Morgan fingerprint density at radius 1 is 1.00 bits per heavy atom. The fraction of sp³-hybridized carbons (Fsp3) is 0.409. The van der Waals surface area contributed by atoms with Crippen LogP contribution in [0.4, 0.5) is 11.4 Å². The molecule has 0 bridgehead atoms. The predicted molar refractivity (Wildman–Crippen MR) is 109 cm³/mol. The van der Waals surface area contributed by atoms with Crippen molar-refractivity contribution < 1.29 is 4.79 Å². The molecule has 4 nitrogen and oxygen atoms in total. The Labute approximate surface area is 156 Å². The lowest BCUT2D eigenvalue weighted by molar-refractivity contribution is -0.121. The topological polar surface area (TPSA) is 44.4 Å². The highest BCUT2D eigenvalue weighted by molar-refractivity contribution is 5.94. The van der Waals surface area contributed by atoms with Gasteiger partial charge in [0, 0.05) is 30.4 Å². The highest BCUT2D eigenvalue weighted by atomic mass is 16.1. The monoisotopic (exact) mass is 351 g/mol. The van der Waals surface area contributed by atoms with E-state index >= 15 is 0 Å². The molecule has 1 aliphatic heterocycles. The Kier molecular flexibility index (Phi) is 6.29.